The zero-order chi connectivity index (χ0) is 10.2. The van der Waals surface area contributed by atoms with Crippen LogP contribution in [0.3, 0.4) is 0 Å². The smallest absolute Gasteiger partial charge is 0.0211 e. The minimum absolute atomic E-state index is 0.654. The standard InChI is InChI=1S/C13H23N/c1-3-4-11-14-12(2)13-9-7-5-6-8-10-13/h1,12-14H,4-11H2,2H3/t12-/m1/s1. The predicted molar refractivity (Wildman–Crippen MR) is 62.1 cm³/mol. The van der Waals surface area contributed by atoms with Crippen LogP contribution < -0.4 is 5.32 Å². The average Bonchev–Trinajstić information content (AvgIpc) is 2.46. The van der Waals surface area contributed by atoms with Crippen molar-refractivity contribution in [2.45, 2.75) is 57.9 Å². The van der Waals surface area contributed by atoms with Crippen LogP contribution >= 0.6 is 0 Å². The Morgan fingerprint density at radius 3 is 2.50 bits per heavy atom. The number of hydrogen-bond donors (Lipinski definition) is 1. The molecule has 1 aliphatic carbocycles. The second-order valence-corrected chi connectivity index (χ2v) is 4.45. The fourth-order valence-corrected chi connectivity index (χ4v) is 2.35. The SMILES string of the molecule is C#CCCN[C@H](C)C1CCCCCC1. The fraction of sp³-hybridized carbons (Fsp3) is 0.846. The zero-order valence-corrected chi connectivity index (χ0v) is 9.39. The molecule has 0 spiro atoms. The van der Waals surface area contributed by atoms with E-state index in [-0.39, 0.29) is 0 Å². The third kappa shape index (κ3) is 4.15. The first kappa shape index (κ1) is 11.6. The first-order chi connectivity index (χ1) is 6.84. The lowest BCUT2D eigenvalue weighted by Gasteiger charge is -2.23. The Kier molecular flexibility index (Phi) is 5.71. The van der Waals surface area contributed by atoms with Gasteiger partial charge in [0.25, 0.3) is 0 Å². The lowest BCUT2D eigenvalue weighted by molar-refractivity contribution is 0.340. The largest absolute Gasteiger partial charge is 0.313 e. The van der Waals surface area contributed by atoms with Crippen molar-refractivity contribution in [2.24, 2.45) is 5.92 Å². The molecule has 0 aromatic rings. The summed E-state index contributed by atoms with van der Waals surface area (Å²) in [4.78, 5) is 0. The van der Waals surface area contributed by atoms with Crippen molar-refractivity contribution in [3.63, 3.8) is 0 Å². The molecule has 1 saturated carbocycles. The van der Waals surface area contributed by atoms with Gasteiger partial charge in [-0.1, -0.05) is 25.7 Å². The number of rotatable bonds is 4. The van der Waals surface area contributed by atoms with Crippen molar-refractivity contribution in [1.82, 2.24) is 5.32 Å². The lowest BCUT2D eigenvalue weighted by Crippen LogP contribution is -2.33. The van der Waals surface area contributed by atoms with Crippen molar-refractivity contribution in [3.8, 4) is 12.3 Å². The van der Waals surface area contributed by atoms with Crippen LogP contribution in [0.4, 0.5) is 0 Å². The molecule has 0 heterocycles. The number of hydrogen-bond acceptors (Lipinski definition) is 1. The van der Waals surface area contributed by atoms with Crippen LogP contribution in [0.5, 0.6) is 0 Å². The Labute approximate surface area is 88.7 Å². The molecule has 1 fully saturated rings. The third-order valence-corrected chi connectivity index (χ3v) is 3.34. The highest BCUT2D eigenvalue weighted by Gasteiger charge is 2.17. The molecular formula is C13H23N. The van der Waals surface area contributed by atoms with Crippen LogP contribution in [0.15, 0.2) is 0 Å². The maximum absolute atomic E-state index is 5.23. The van der Waals surface area contributed by atoms with Crippen LogP contribution in [-0.4, -0.2) is 12.6 Å². The monoisotopic (exact) mass is 193 g/mol. The normalized spacial score (nSPS) is 21.1. The highest BCUT2D eigenvalue weighted by molar-refractivity contribution is 4.85. The summed E-state index contributed by atoms with van der Waals surface area (Å²) in [6, 6.07) is 0.654. The molecule has 1 nitrogen and oxygen atoms in total. The van der Waals surface area contributed by atoms with Crippen LogP contribution in [-0.2, 0) is 0 Å². The van der Waals surface area contributed by atoms with Gasteiger partial charge in [-0.2, -0.15) is 0 Å². The molecule has 0 aromatic carbocycles. The van der Waals surface area contributed by atoms with E-state index in [9.17, 15) is 0 Å². The quantitative estimate of drug-likeness (QED) is 0.411. The highest BCUT2D eigenvalue weighted by Crippen LogP contribution is 2.25. The Hall–Kier alpha value is -0.480. The molecule has 0 radical (unpaired) electrons. The number of nitrogens with one attached hydrogen (secondary N) is 1. The summed E-state index contributed by atoms with van der Waals surface area (Å²) in [5.41, 5.74) is 0. The second kappa shape index (κ2) is 6.90. The van der Waals surface area contributed by atoms with Gasteiger partial charge in [0, 0.05) is 19.0 Å². The van der Waals surface area contributed by atoms with Gasteiger partial charge in [-0.3, -0.25) is 0 Å². The van der Waals surface area contributed by atoms with Crippen molar-refractivity contribution >= 4 is 0 Å². The Morgan fingerprint density at radius 1 is 1.29 bits per heavy atom. The summed E-state index contributed by atoms with van der Waals surface area (Å²) in [7, 11) is 0. The van der Waals surface area contributed by atoms with Crippen molar-refractivity contribution in [2.75, 3.05) is 6.54 Å². The molecular weight excluding hydrogens is 170 g/mol. The molecule has 0 unspecified atom stereocenters. The van der Waals surface area contributed by atoms with Crippen molar-refractivity contribution in [3.05, 3.63) is 0 Å². The summed E-state index contributed by atoms with van der Waals surface area (Å²) in [5.74, 6) is 3.56. The van der Waals surface area contributed by atoms with Gasteiger partial charge in [0.05, 0.1) is 0 Å². The van der Waals surface area contributed by atoms with Crippen LogP contribution in [0.25, 0.3) is 0 Å². The summed E-state index contributed by atoms with van der Waals surface area (Å²) in [6.07, 6.45) is 14.6. The van der Waals surface area contributed by atoms with E-state index >= 15 is 0 Å². The van der Waals surface area contributed by atoms with Crippen LogP contribution in [0.1, 0.15) is 51.9 Å². The van der Waals surface area contributed by atoms with Gasteiger partial charge >= 0.3 is 0 Å². The predicted octanol–water partition coefficient (Wildman–Crippen LogP) is 2.96. The maximum atomic E-state index is 5.23. The van der Waals surface area contributed by atoms with Crippen molar-refractivity contribution < 1.29 is 0 Å². The Morgan fingerprint density at radius 2 is 1.93 bits per heavy atom. The molecule has 0 aliphatic heterocycles. The molecule has 1 N–H and O–H groups in total. The van der Waals surface area contributed by atoms with E-state index in [1.165, 1.54) is 38.5 Å². The molecule has 1 heteroatoms. The zero-order valence-electron chi connectivity index (χ0n) is 9.39. The molecule has 0 bridgehead atoms. The molecule has 0 amide bonds. The summed E-state index contributed by atoms with van der Waals surface area (Å²) >= 11 is 0. The van der Waals surface area contributed by atoms with Gasteiger partial charge in [-0.15, -0.1) is 12.3 Å². The molecule has 0 saturated heterocycles. The van der Waals surface area contributed by atoms with Gasteiger partial charge in [0.2, 0.25) is 0 Å². The Bertz CT molecular complexity index is 172. The van der Waals surface area contributed by atoms with E-state index in [2.05, 4.69) is 18.2 Å². The van der Waals surface area contributed by atoms with E-state index in [1.54, 1.807) is 0 Å². The van der Waals surface area contributed by atoms with E-state index in [1.807, 2.05) is 0 Å². The number of terminal acetylenes is 1. The summed E-state index contributed by atoms with van der Waals surface area (Å²) in [5, 5.41) is 3.54. The molecule has 1 rings (SSSR count). The van der Waals surface area contributed by atoms with Gasteiger partial charge in [-0.25, -0.2) is 0 Å². The highest BCUT2D eigenvalue weighted by atomic mass is 14.9. The van der Waals surface area contributed by atoms with Crippen LogP contribution in [0.2, 0.25) is 0 Å². The topological polar surface area (TPSA) is 12.0 Å². The first-order valence-corrected chi connectivity index (χ1v) is 6.01. The van der Waals surface area contributed by atoms with Crippen molar-refractivity contribution in [1.29, 1.82) is 0 Å². The third-order valence-electron chi connectivity index (χ3n) is 3.34. The summed E-state index contributed by atoms with van der Waals surface area (Å²) in [6.45, 7) is 3.29. The van der Waals surface area contributed by atoms with E-state index < -0.39 is 0 Å². The minimum atomic E-state index is 0.654. The summed E-state index contributed by atoms with van der Waals surface area (Å²) < 4.78 is 0. The van der Waals surface area contributed by atoms with E-state index in [4.69, 9.17) is 6.42 Å². The van der Waals surface area contributed by atoms with Gasteiger partial charge < -0.3 is 5.32 Å². The minimum Gasteiger partial charge on any atom is -0.313 e. The second-order valence-electron chi connectivity index (χ2n) is 4.45. The fourth-order valence-electron chi connectivity index (χ4n) is 2.35. The van der Waals surface area contributed by atoms with Gasteiger partial charge in [0.15, 0.2) is 0 Å². The van der Waals surface area contributed by atoms with Gasteiger partial charge in [0.1, 0.15) is 0 Å². The molecule has 1 aliphatic rings. The Balaban J connectivity index is 2.20. The van der Waals surface area contributed by atoms with Gasteiger partial charge in [-0.05, 0) is 25.7 Å². The average molecular weight is 193 g/mol. The molecule has 1 atom stereocenters. The molecule has 14 heavy (non-hydrogen) atoms. The first-order valence-electron chi connectivity index (χ1n) is 6.01. The van der Waals surface area contributed by atoms with E-state index in [0.717, 1.165) is 18.9 Å². The van der Waals surface area contributed by atoms with Crippen LogP contribution in [0, 0.1) is 18.3 Å². The molecule has 80 valence electrons. The maximum Gasteiger partial charge on any atom is 0.0211 e. The van der Waals surface area contributed by atoms with E-state index in [0.29, 0.717) is 6.04 Å². The lowest BCUT2D eigenvalue weighted by atomic mass is 9.93. The molecule has 0 aromatic heterocycles.